The molecule has 11 heavy (non-hydrogen) atoms. The highest BCUT2D eigenvalue weighted by atomic mass is 28.1. The fourth-order valence-electron chi connectivity index (χ4n) is 1.28. The van der Waals surface area contributed by atoms with E-state index in [-0.39, 0.29) is 0 Å². The maximum Gasteiger partial charge on any atom is 0.0782 e. The van der Waals surface area contributed by atoms with Gasteiger partial charge < -0.3 is 4.48 Å². The van der Waals surface area contributed by atoms with Gasteiger partial charge in [0.15, 0.2) is 0 Å². The van der Waals surface area contributed by atoms with Crippen molar-refractivity contribution in [1.29, 1.82) is 0 Å². The molecule has 0 aromatic carbocycles. The first-order chi connectivity index (χ1) is 5.12. The van der Waals surface area contributed by atoms with Crippen molar-refractivity contribution in [3.05, 3.63) is 0 Å². The van der Waals surface area contributed by atoms with E-state index in [9.17, 15) is 0 Å². The predicted octanol–water partition coefficient (Wildman–Crippen LogP) is 1.04. The van der Waals surface area contributed by atoms with Crippen LogP contribution in [0.4, 0.5) is 0 Å². The van der Waals surface area contributed by atoms with E-state index < -0.39 is 0 Å². The van der Waals surface area contributed by atoms with Gasteiger partial charge in [-0.3, -0.25) is 0 Å². The summed E-state index contributed by atoms with van der Waals surface area (Å²) in [6.45, 7) is 5.01. The molecule has 1 nitrogen and oxygen atoms in total. The van der Waals surface area contributed by atoms with Crippen LogP contribution in [0.15, 0.2) is 0 Å². The quantitative estimate of drug-likeness (QED) is 0.417. The lowest BCUT2D eigenvalue weighted by atomic mass is 10.3. The second kappa shape index (κ2) is 5.78. The summed E-state index contributed by atoms with van der Waals surface area (Å²) < 4.78 is 1.23. The van der Waals surface area contributed by atoms with E-state index >= 15 is 0 Å². The Hall–Kier alpha value is 0.177. The molecule has 0 radical (unpaired) electrons. The highest BCUT2D eigenvalue weighted by molar-refractivity contribution is 6.08. The summed E-state index contributed by atoms with van der Waals surface area (Å²) in [4.78, 5) is 0. The highest BCUT2D eigenvalue weighted by Crippen LogP contribution is 2.03. The molecule has 0 aliphatic carbocycles. The van der Waals surface area contributed by atoms with Gasteiger partial charge in [0.2, 0.25) is 0 Å². The van der Waals surface area contributed by atoms with Crippen LogP contribution in [0.1, 0.15) is 26.2 Å². The maximum atomic E-state index is 2.35. The average Bonchev–Trinajstić information content (AvgIpc) is 1.97. The molecular formula is C9H24NSi+. The molecule has 0 spiro atoms. The Morgan fingerprint density at radius 1 is 1.09 bits per heavy atom. The van der Waals surface area contributed by atoms with E-state index in [1.165, 1.54) is 53.1 Å². The maximum absolute atomic E-state index is 2.35. The Balaban J connectivity index is 3.43. The zero-order chi connectivity index (χ0) is 8.74. The van der Waals surface area contributed by atoms with Gasteiger partial charge >= 0.3 is 0 Å². The largest absolute Gasteiger partial charge is 0.328 e. The summed E-state index contributed by atoms with van der Waals surface area (Å²) in [6, 6.07) is 1.47. The van der Waals surface area contributed by atoms with E-state index in [4.69, 9.17) is 0 Å². The Morgan fingerprint density at radius 3 is 2.09 bits per heavy atom. The van der Waals surface area contributed by atoms with Crippen molar-refractivity contribution in [3.63, 3.8) is 0 Å². The molecule has 0 aromatic rings. The minimum absolute atomic E-state index is 1.23. The van der Waals surface area contributed by atoms with E-state index in [2.05, 4.69) is 21.0 Å². The summed E-state index contributed by atoms with van der Waals surface area (Å²) >= 11 is 0. The normalized spacial score (nSPS) is 12.3. The molecule has 0 saturated carbocycles. The van der Waals surface area contributed by atoms with Gasteiger partial charge in [-0.05, 0) is 12.8 Å². The second-order valence-electron chi connectivity index (χ2n) is 4.09. The molecule has 0 bridgehead atoms. The molecule has 0 unspecified atom stereocenters. The fraction of sp³-hybridized carbons (Fsp3) is 1.00. The number of nitrogens with zero attached hydrogens (tertiary/aromatic N) is 1. The first kappa shape index (κ1) is 11.2. The molecule has 0 amide bonds. The Kier molecular flexibility index (Phi) is 5.87. The van der Waals surface area contributed by atoms with Crippen LogP contribution >= 0.6 is 0 Å². The standard InChI is InChI=1S/C9H24NSi/c1-4-5-7-10(2,3)8-6-9-11/h4-9H2,1-3,11H3/q+1. The topological polar surface area (TPSA) is 0 Å². The van der Waals surface area contributed by atoms with Crippen molar-refractivity contribution >= 4 is 10.2 Å². The van der Waals surface area contributed by atoms with Crippen LogP contribution in [0, 0.1) is 0 Å². The Morgan fingerprint density at radius 2 is 1.64 bits per heavy atom. The molecule has 0 atom stereocenters. The molecule has 68 valence electrons. The minimum Gasteiger partial charge on any atom is -0.328 e. The van der Waals surface area contributed by atoms with Gasteiger partial charge in [0, 0.05) is 10.2 Å². The molecule has 0 fully saturated rings. The molecule has 2 heteroatoms. The second-order valence-corrected chi connectivity index (χ2v) is 5.09. The van der Waals surface area contributed by atoms with Crippen LogP contribution < -0.4 is 0 Å². The third kappa shape index (κ3) is 6.57. The van der Waals surface area contributed by atoms with Crippen LogP contribution in [-0.4, -0.2) is 41.9 Å². The molecule has 0 aliphatic heterocycles. The lowest BCUT2D eigenvalue weighted by Crippen LogP contribution is -2.41. The number of hydrogen-bond donors (Lipinski definition) is 0. The monoisotopic (exact) mass is 174 g/mol. The summed E-state index contributed by atoms with van der Waals surface area (Å²) in [5.74, 6) is 0. The van der Waals surface area contributed by atoms with Gasteiger partial charge in [-0.2, -0.15) is 0 Å². The summed E-state index contributed by atoms with van der Waals surface area (Å²) in [6.07, 6.45) is 4.15. The predicted molar refractivity (Wildman–Crippen MR) is 56.1 cm³/mol. The third-order valence-electron chi connectivity index (χ3n) is 2.23. The van der Waals surface area contributed by atoms with E-state index in [0.717, 1.165) is 0 Å². The summed E-state index contributed by atoms with van der Waals surface area (Å²) in [5.41, 5.74) is 0. The Bertz CT molecular complexity index is 81.6. The molecule has 0 heterocycles. The highest BCUT2D eigenvalue weighted by Gasteiger charge is 2.11. The number of unbranched alkanes of at least 4 members (excludes halogenated alkanes) is 1. The number of quaternary nitrogens is 1. The van der Waals surface area contributed by atoms with Crippen LogP contribution in [0.25, 0.3) is 0 Å². The van der Waals surface area contributed by atoms with Gasteiger partial charge in [-0.15, -0.1) is 0 Å². The van der Waals surface area contributed by atoms with E-state index in [1.807, 2.05) is 0 Å². The zero-order valence-electron chi connectivity index (χ0n) is 8.69. The van der Waals surface area contributed by atoms with Crippen molar-refractivity contribution < 1.29 is 4.48 Å². The zero-order valence-corrected chi connectivity index (χ0v) is 10.7. The summed E-state index contributed by atoms with van der Waals surface area (Å²) in [5, 5.41) is 0. The molecule has 0 aliphatic rings. The van der Waals surface area contributed by atoms with Crippen LogP contribution in [0.5, 0.6) is 0 Å². The van der Waals surface area contributed by atoms with Crippen molar-refractivity contribution in [1.82, 2.24) is 0 Å². The van der Waals surface area contributed by atoms with Crippen molar-refractivity contribution in [2.75, 3.05) is 27.2 Å². The summed E-state index contributed by atoms with van der Waals surface area (Å²) in [7, 11) is 6.09. The minimum atomic E-state index is 1.23. The van der Waals surface area contributed by atoms with Crippen LogP contribution in [0.2, 0.25) is 6.04 Å². The van der Waals surface area contributed by atoms with Crippen molar-refractivity contribution in [2.45, 2.75) is 32.2 Å². The lowest BCUT2D eigenvalue weighted by molar-refractivity contribution is -0.890. The van der Waals surface area contributed by atoms with Gasteiger partial charge in [0.1, 0.15) is 0 Å². The smallest absolute Gasteiger partial charge is 0.0782 e. The average molecular weight is 174 g/mol. The first-order valence-electron chi connectivity index (χ1n) is 4.94. The SMILES string of the molecule is CCCC[N+](C)(C)CCC[SiH3]. The molecular weight excluding hydrogens is 150 g/mol. The van der Waals surface area contributed by atoms with Gasteiger partial charge in [-0.25, -0.2) is 0 Å². The van der Waals surface area contributed by atoms with E-state index in [1.54, 1.807) is 0 Å². The number of hydrogen-bond acceptors (Lipinski definition) is 0. The third-order valence-corrected chi connectivity index (χ3v) is 2.94. The Labute approximate surface area is 74.8 Å². The fourth-order valence-corrected chi connectivity index (χ4v) is 1.60. The number of rotatable bonds is 6. The van der Waals surface area contributed by atoms with Crippen LogP contribution in [-0.2, 0) is 0 Å². The van der Waals surface area contributed by atoms with E-state index in [0.29, 0.717) is 0 Å². The van der Waals surface area contributed by atoms with Crippen molar-refractivity contribution in [2.24, 2.45) is 0 Å². The van der Waals surface area contributed by atoms with Gasteiger partial charge in [0.25, 0.3) is 0 Å². The van der Waals surface area contributed by atoms with Gasteiger partial charge in [0.05, 0.1) is 27.2 Å². The van der Waals surface area contributed by atoms with Crippen molar-refractivity contribution in [3.8, 4) is 0 Å². The molecule has 0 aromatic heterocycles. The lowest BCUT2D eigenvalue weighted by Gasteiger charge is -2.29. The molecule has 0 rings (SSSR count). The molecule has 0 saturated heterocycles. The molecule has 0 N–H and O–H groups in total. The van der Waals surface area contributed by atoms with Crippen LogP contribution in [0.3, 0.4) is 0 Å². The van der Waals surface area contributed by atoms with Gasteiger partial charge in [-0.1, -0.05) is 19.4 Å². The first-order valence-corrected chi connectivity index (χ1v) is 6.36.